The van der Waals surface area contributed by atoms with Gasteiger partial charge in [-0.25, -0.2) is 4.98 Å². The van der Waals surface area contributed by atoms with Gasteiger partial charge in [-0.05, 0) is 56.0 Å². The van der Waals surface area contributed by atoms with Gasteiger partial charge in [-0.15, -0.1) is 0 Å². The maximum atomic E-state index is 13.3. The molecule has 1 fully saturated rings. The fourth-order valence-corrected chi connectivity index (χ4v) is 4.99. The molecular formula is C30H32N4O2. The normalized spacial score (nSPS) is 18.2. The molecule has 0 spiro atoms. The molecule has 1 amide bonds. The summed E-state index contributed by atoms with van der Waals surface area (Å²) in [5.74, 6) is 1.69. The Kier molecular flexibility index (Phi) is 7.23. The standard InChI is InChI=1S/C30H32N4O2/c1-21-10-9-15-27(32-21)17-31-29(35)26-16-25(23-11-5-3-6-12-23)18-34(19-26)20-28-22(2)36-30(33-28)24-13-7-4-8-14-24/h3-15,25-26H,16-20H2,1-2H3,(H,31,35)/t25-,26-/m1/s1. The van der Waals surface area contributed by atoms with E-state index >= 15 is 0 Å². The lowest BCUT2D eigenvalue weighted by Crippen LogP contribution is -2.45. The molecule has 5 rings (SSSR count). The Balaban J connectivity index is 1.32. The number of carbonyl (C=O) groups excluding carboxylic acids is 1. The highest BCUT2D eigenvalue weighted by Gasteiger charge is 2.33. The van der Waals surface area contributed by atoms with Crippen LogP contribution >= 0.6 is 0 Å². The number of carbonyl (C=O) groups is 1. The average molecular weight is 481 g/mol. The zero-order valence-electron chi connectivity index (χ0n) is 20.9. The van der Waals surface area contributed by atoms with Gasteiger partial charge in [0.2, 0.25) is 11.8 Å². The van der Waals surface area contributed by atoms with E-state index in [0.717, 1.165) is 41.4 Å². The smallest absolute Gasteiger partial charge is 0.226 e. The van der Waals surface area contributed by atoms with E-state index < -0.39 is 0 Å². The third-order valence-corrected chi connectivity index (χ3v) is 6.84. The molecule has 36 heavy (non-hydrogen) atoms. The largest absolute Gasteiger partial charge is 0.441 e. The van der Waals surface area contributed by atoms with Crippen molar-refractivity contribution in [2.75, 3.05) is 13.1 Å². The fraction of sp³-hybridized carbons (Fsp3) is 0.300. The first kappa shape index (κ1) is 23.9. The number of oxazole rings is 1. The van der Waals surface area contributed by atoms with Gasteiger partial charge in [-0.1, -0.05) is 54.6 Å². The van der Waals surface area contributed by atoms with Crippen molar-refractivity contribution in [3.8, 4) is 11.5 Å². The predicted molar refractivity (Wildman–Crippen MR) is 140 cm³/mol. The lowest BCUT2D eigenvalue weighted by molar-refractivity contribution is -0.127. The van der Waals surface area contributed by atoms with Crippen molar-refractivity contribution in [1.82, 2.24) is 20.2 Å². The molecule has 1 N–H and O–H groups in total. The Hall–Kier alpha value is -3.77. The number of pyridine rings is 1. The van der Waals surface area contributed by atoms with Gasteiger partial charge in [-0.2, -0.15) is 0 Å². The molecule has 1 aliphatic rings. The minimum Gasteiger partial charge on any atom is -0.441 e. The van der Waals surface area contributed by atoms with E-state index in [1.54, 1.807) is 0 Å². The quantitative estimate of drug-likeness (QED) is 0.390. The molecular weight excluding hydrogens is 448 g/mol. The number of likely N-dealkylation sites (tertiary alicyclic amines) is 1. The second-order valence-corrected chi connectivity index (χ2v) is 9.61. The number of rotatable bonds is 7. The summed E-state index contributed by atoms with van der Waals surface area (Å²) in [5.41, 5.74) is 4.98. The summed E-state index contributed by atoms with van der Waals surface area (Å²) in [7, 11) is 0. The van der Waals surface area contributed by atoms with E-state index in [-0.39, 0.29) is 17.7 Å². The van der Waals surface area contributed by atoms with Crippen molar-refractivity contribution in [2.24, 2.45) is 5.92 Å². The number of piperidine rings is 1. The zero-order chi connectivity index (χ0) is 24.9. The summed E-state index contributed by atoms with van der Waals surface area (Å²) in [6, 6.07) is 26.3. The van der Waals surface area contributed by atoms with Crippen LogP contribution in [0.5, 0.6) is 0 Å². The molecule has 2 atom stereocenters. The number of benzene rings is 2. The van der Waals surface area contributed by atoms with E-state index in [0.29, 0.717) is 25.5 Å². The van der Waals surface area contributed by atoms with Crippen LogP contribution in [0.2, 0.25) is 0 Å². The predicted octanol–water partition coefficient (Wildman–Crippen LogP) is 5.28. The molecule has 2 aromatic heterocycles. The topological polar surface area (TPSA) is 71.3 Å². The van der Waals surface area contributed by atoms with Crippen LogP contribution in [-0.4, -0.2) is 33.9 Å². The minimum atomic E-state index is -0.116. The second kappa shape index (κ2) is 10.9. The molecule has 0 radical (unpaired) electrons. The van der Waals surface area contributed by atoms with Crippen LogP contribution < -0.4 is 5.32 Å². The molecule has 6 heteroatoms. The van der Waals surface area contributed by atoms with Crippen molar-refractivity contribution in [2.45, 2.75) is 39.3 Å². The highest BCUT2D eigenvalue weighted by molar-refractivity contribution is 5.79. The Labute approximate surface area is 212 Å². The first-order valence-corrected chi connectivity index (χ1v) is 12.5. The lowest BCUT2D eigenvalue weighted by Gasteiger charge is -2.37. The summed E-state index contributed by atoms with van der Waals surface area (Å²) in [4.78, 5) is 25.0. The first-order valence-electron chi connectivity index (χ1n) is 12.5. The molecule has 0 unspecified atom stereocenters. The average Bonchev–Trinajstić information content (AvgIpc) is 3.28. The van der Waals surface area contributed by atoms with Crippen LogP contribution in [0.15, 0.2) is 83.3 Å². The Bertz CT molecular complexity index is 1300. The van der Waals surface area contributed by atoms with Crippen molar-refractivity contribution < 1.29 is 9.21 Å². The van der Waals surface area contributed by atoms with Crippen LogP contribution in [0.4, 0.5) is 0 Å². The van der Waals surface area contributed by atoms with Crippen LogP contribution in [-0.2, 0) is 17.9 Å². The molecule has 0 saturated carbocycles. The number of aromatic nitrogens is 2. The number of hydrogen-bond acceptors (Lipinski definition) is 5. The van der Waals surface area contributed by atoms with Gasteiger partial charge in [0.15, 0.2) is 0 Å². The summed E-state index contributed by atoms with van der Waals surface area (Å²) in [6.45, 7) is 6.57. The van der Waals surface area contributed by atoms with Crippen molar-refractivity contribution in [3.63, 3.8) is 0 Å². The van der Waals surface area contributed by atoms with E-state index in [4.69, 9.17) is 9.40 Å². The third-order valence-electron chi connectivity index (χ3n) is 6.84. The molecule has 0 aliphatic carbocycles. The van der Waals surface area contributed by atoms with Crippen molar-refractivity contribution in [1.29, 1.82) is 0 Å². The number of hydrogen-bond donors (Lipinski definition) is 1. The number of amides is 1. The summed E-state index contributed by atoms with van der Waals surface area (Å²) >= 11 is 0. The van der Waals surface area contributed by atoms with Gasteiger partial charge in [-0.3, -0.25) is 14.7 Å². The fourth-order valence-electron chi connectivity index (χ4n) is 4.99. The Morgan fingerprint density at radius 2 is 1.69 bits per heavy atom. The van der Waals surface area contributed by atoms with E-state index in [9.17, 15) is 4.79 Å². The molecule has 1 saturated heterocycles. The van der Waals surface area contributed by atoms with Gasteiger partial charge in [0.25, 0.3) is 0 Å². The number of aryl methyl sites for hydroxylation is 2. The summed E-state index contributed by atoms with van der Waals surface area (Å²) < 4.78 is 6.00. The second-order valence-electron chi connectivity index (χ2n) is 9.61. The maximum absolute atomic E-state index is 13.3. The first-order chi connectivity index (χ1) is 17.5. The van der Waals surface area contributed by atoms with E-state index in [1.807, 2.05) is 68.4 Å². The Morgan fingerprint density at radius 3 is 2.44 bits per heavy atom. The summed E-state index contributed by atoms with van der Waals surface area (Å²) in [6.07, 6.45) is 0.820. The maximum Gasteiger partial charge on any atom is 0.226 e. The van der Waals surface area contributed by atoms with E-state index in [2.05, 4.69) is 39.5 Å². The molecule has 2 aromatic carbocycles. The highest BCUT2D eigenvalue weighted by Crippen LogP contribution is 2.32. The molecule has 1 aliphatic heterocycles. The molecule has 6 nitrogen and oxygen atoms in total. The molecule has 184 valence electrons. The van der Waals surface area contributed by atoms with Crippen molar-refractivity contribution >= 4 is 5.91 Å². The van der Waals surface area contributed by atoms with Gasteiger partial charge < -0.3 is 9.73 Å². The van der Waals surface area contributed by atoms with Crippen LogP contribution in [0.1, 0.15) is 40.7 Å². The number of nitrogens with zero attached hydrogens (tertiary/aromatic N) is 3. The van der Waals surface area contributed by atoms with Gasteiger partial charge in [0.1, 0.15) is 5.76 Å². The van der Waals surface area contributed by atoms with Gasteiger partial charge in [0.05, 0.1) is 23.9 Å². The highest BCUT2D eigenvalue weighted by atomic mass is 16.4. The monoisotopic (exact) mass is 480 g/mol. The van der Waals surface area contributed by atoms with Gasteiger partial charge >= 0.3 is 0 Å². The van der Waals surface area contributed by atoms with E-state index in [1.165, 1.54) is 5.56 Å². The molecule has 4 aromatic rings. The zero-order valence-corrected chi connectivity index (χ0v) is 20.9. The SMILES string of the molecule is Cc1cccc(CNC(=O)[C@@H]2C[C@@H](c3ccccc3)CN(Cc3nc(-c4ccccc4)oc3C)C2)n1. The summed E-state index contributed by atoms with van der Waals surface area (Å²) in [5, 5.41) is 3.13. The van der Waals surface area contributed by atoms with Crippen LogP contribution in [0, 0.1) is 19.8 Å². The van der Waals surface area contributed by atoms with Crippen LogP contribution in [0.25, 0.3) is 11.5 Å². The molecule has 0 bridgehead atoms. The third kappa shape index (κ3) is 5.71. The van der Waals surface area contributed by atoms with Crippen molar-refractivity contribution in [3.05, 3.63) is 107 Å². The molecule has 3 heterocycles. The minimum absolute atomic E-state index is 0.0748. The Morgan fingerprint density at radius 1 is 0.944 bits per heavy atom. The van der Waals surface area contributed by atoms with Gasteiger partial charge in [0, 0.05) is 30.9 Å². The lowest BCUT2D eigenvalue weighted by atomic mass is 9.84. The van der Waals surface area contributed by atoms with Crippen LogP contribution in [0.3, 0.4) is 0 Å². The number of nitrogens with one attached hydrogen (secondary N) is 1.